The summed E-state index contributed by atoms with van der Waals surface area (Å²) in [5.74, 6) is 0. The summed E-state index contributed by atoms with van der Waals surface area (Å²) in [6.07, 6.45) is -1.94. The highest BCUT2D eigenvalue weighted by Crippen LogP contribution is 2.24. The van der Waals surface area contributed by atoms with Crippen LogP contribution in [0.25, 0.3) is 0 Å². The third-order valence-electron chi connectivity index (χ3n) is 2.17. The Morgan fingerprint density at radius 1 is 1.20 bits per heavy atom. The van der Waals surface area contributed by atoms with Gasteiger partial charge >= 0.3 is 0 Å². The first-order valence-electron chi connectivity index (χ1n) is 4.59. The number of nitrogens with two attached hydrogens (primary N) is 2. The van der Waals surface area contributed by atoms with Crippen LogP contribution in [0.15, 0.2) is 0 Å². The molecule has 1 aromatic heterocycles. The molecule has 0 fully saturated rings. The van der Waals surface area contributed by atoms with Crippen LogP contribution >= 0.6 is 0 Å². The Bertz CT molecular complexity index is 315. The minimum atomic E-state index is -0.974. The zero-order valence-corrected chi connectivity index (χ0v) is 8.22. The van der Waals surface area contributed by atoms with Crippen molar-refractivity contribution < 1.29 is 15.3 Å². The van der Waals surface area contributed by atoms with E-state index in [4.69, 9.17) is 16.6 Å². The van der Waals surface area contributed by atoms with Gasteiger partial charge in [0.1, 0.15) is 6.10 Å². The molecule has 1 rings (SSSR count). The lowest BCUT2D eigenvalue weighted by atomic mass is 10.0. The van der Waals surface area contributed by atoms with Crippen LogP contribution < -0.4 is 11.5 Å². The number of aliphatic hydroxyl groups excluding tert-OH is 3. The van der Waals surface area contributed by atoms with Crippen LogP contribution in [0.4, 0.5) is 0 Å². The molecule has 0 bridgehead atoms. The smallest absolute Gasteiger partial charge is 0.110 e. The van der Waals surface area contributed by atoms with Crippen LogP contribution in [0.1, 0.15) is 29.2 Å². The van der Waals surface area contributed by atoms with Crippen LogP contribution in [-0.2, 0) is 6.61 Å². The molecule has 2 atom stereocenters. The van der Waals surface area contributed by atoms with E-state index >= 15 is 0 Å². The molecule has 1 heterocycles. The lowest BCUT2D eigenvalue weighted by Gasteiger charge is -2.12. The maximum Gasteiger partial charge on any atom is 0.110 e. The fourth-order valence-electron chi connectivity index (χ4n) is 1.38. The van der Waals surface area contributed by atoms with E-state index in [1.807, 2.05) is 0 Å². The van der Waals surface area contributed by atoms with Crippen molar-refractivity contribution in [2.24, 2.45) is 11.5 Å². The van der Waals surface area contributed by atoms with Crippen molar-refractivity contribution in [1.29, 1.82) is 0 Å². The van der Waals surface area contributed by atoms with Crippen molar-refractivity contribution >= 4 is 0 Å². The van der Waals surface area contributed by atoms with Crippen molar-refractivity contribution in [3.8, 4) is 0 Å². The molecule has 0 saturated heterocycles. The Kier molecular flexibility index (Phi) is 4.18. The quantitative estimate of drug-likeness (QED) is 0.332. The first-order chi connectivity index (χ1) is 7.15. The van der Waals surface area contributed by atoms with Gasteiger partial charge in [-0.1, -0.05) is 0 Å². The Labute approximate surface area is 86.7 Å². The number of rotatable bonds is 5. The lowest BCUT2D eigenvalue weighted by Crippen LogP contribution is -2.18. The van der Waals surface area contributed by atoms with Gasteiger partial charge in [-0.25, -0.2) is 0 Å². The zero-order chi connectivity index (χ0) is 11.4. The van der Waals surface area contributed by atoms with Crippen molar-refractivity contribution in [2.45, 2.75) is 18.8 Å². The van der Waals surface area contributed by atoms with E-state index in [9.17, 15) is 10.2 Å². The second-order valence-corrected chi connectivity index (χ2v) is 3.16. The summed E-state index contributed by atoms with van der Waals surface area (Å²) >= 11 is 0. The van der Waals surface area contributed by atoms with Crippen LogP contribution in [0, 0.1) is 0 Å². The first-order valence-corrected chi connectivity index (χ1v) is 4.59. The monoisotopic (exact) mass is 216 g/mol. The zero-order valence-electron chi connectivity index (χ0n) is 8.22. The number of hydrogen-bond acceptors (Lipinski definition) is 6. The number of aromatic nitrogens is 2. The molecule has 8 N–H and O–H groups in total. The van der Waals surface area contributed by atoms with Crippen LogP contribution in [0.3, 0.4) is 0 Å². The number of nitrogens with zero attached hydrogens (tertiary/aromatic N) is 1. The number of aliphatic hydroxyl groups is 3. The van der Waals surface area contributed by atoms with E-state index in [-0.39, 0.29) is 25.4 Å². The maximum absolute atomic E-state index is 9.61. The van der Waals surface area contributed by atoms with Gasteiger partial charge < -0.3 is 26.8 Å². The summed E-state index contributed by atoms with van der Waals surface area (Å²) in [5.41, 5.74) is 11.5. The largest absolute Gasteiger partial charge is 0.390 e. The summed E-state index contributed by atoms with van der Waals surface area (Å²) in [5, 5.41) is 34.4. The summed E-state index contributed by atoms with van der Waals surface area (Å²) in [4.78, 5) is 0. The fourth-order valence-corrected chi connectivity index (χ4v) is 1.38. The number of H-pyrrole nitrogens is 1. The van der Waals surface area contributed by atoms with E-state index in [2.05, 4.69) is 10.2 Å². The molecule has 7 nitrogen and oxygen atoms in total. The molecule has 0 spiro atoms. The molecule has 2 unspecified atom stereocenters. The van der Waals surface area contributed by atoms with Gasteiger partial charge in [0.15, 0.2) is 0 Å². The molecule has 0 aromatic carbocycles. The molecule has 0 radical (unpaired) electrons. The first kappa shape index (κ1) is 12.1. The van der Waals surface area contributed by atoms with Crippen molar-refractivity contribution in [3.63, 3.8) is 0 Å². The highest BCUT2D eigenvalue weighted by molar-refractivity contribution is 5.29. The Hall–Kier alpha value is -0.990. The molecule has 0 aliphatic rings. The molecular weight excluding hydrogens is 200 g/mol. The van der Waals surface area contributed by atoms with Gasteiger partial charge in [0.05, 0.1) is 24.1 Å². The van der Waals surface area contributed by atoms with Gasteiger partial charge in [-0.05, 0) is 0 Å². The topological polar surface area (TPSA) is 141 Å². The maximum atomic E-state index is 9.61. The van der Waals surface area contributed by atoms with Gasteiger partial charge in [-0.3, -0.25) is 5.10 Å². The predicted octanol–water partition coefficient (Wildman–Crippen LogP) is -2.11. The molecule has 0 amide bonds. The van der Waals surface area contributed by atoms with Gasteiger partial charge in [0.2, 0.25) is 0 Å². The minimum Gasteiger partial charge on any atom is -0.390 e. The third-order valence-corrected chi connectivity index (χ3v) is 2.17. The van der Waals surface area contributed by atoms with Crippen LogP contribution in [-0.4, -0.2) is 38.6 Å². The van der Waals surface area contributed by atoms with E-state index in [0.717, 1.165) is 0 Å². The van der Waals surface area contributed by atoms with Gasteiger partial charge in [-0.2, -0.15) is 5.10 Å². The Morgan fingerprint density at radius 3 is 2.27 bits per heavy atom. The van der Waals surface area contributed by atoms with E-state index in [1.165, 1.54) is 0 Å². The molecule has 86 valence electrons. The fraction of sp³-hybridized carbons (Fsp3) is 0.625. The van der Waals surface area contributed by atoms with E-state index in [0.29, 0.717) is 11.3 Å². The van der Waals surface area contributed by atoms with Crippen LogP contribution in [0.2, 0.25) is 0 Å². The van der Waals surface area contributed by atoms with Gasteiger partial charge in [0.25, 0.3) is 0 Å². The highest BCUT2D eigenvalue weighted by Gasteiger charge is 2.23. The van der Waals surface area contributed by atoms with Crippen molar-refractivity contribution in [1.82, 2.24) is 10.2 Å². The lowest BCUT2D eigenvalue weighted by molar-refractivity contribution is 0.158. The second-order valence-electron chi connectivity index (χ2n) is 3.16. The SMILES string of the molecule is NCC(O)c1n[nH]c(CO)c1C(O)CN. The molecular formula is C8H16N4O3. The second kappa shape index (κ2) is 5.19. The number of hydrogen-bond donors (Lipinski definition) is 6. The van der Waals surface area contributed by atoms with Crippen LogP contribution in [0.5, 0.6) is 0 Å². The average molecular weight is 216 g/mol. The van der Waals surface area contributed by atoms with Crippen molar-refractivity contribution in [3.05, 3.63) is 17.0 Å². The minimum absolute atomic E-state index is 0.0139. The number of nitrogens with one attached hydrogen (secondary N) is 1. The van der Waals surface area contributed by atoms with Gasteiger partial charge in [-0.15, -0.1) is 0 Å². The average Bonchev–Trinajstić information content (AvgIpc) is 2.70. The third kappa shape index (κ3) is 2.33. The summed E-state index contributed by atoms with van der Waals surface area (Å²) in [6, 6.07) is 0. The van der Waals surface area contributed by atoms with E-state index < -0.39 is 12.2 Å². The Balaban J connectivity index is 3.10. The predicted molar refractivity (Wildman–Crippen MR) is 52.5 cm³/mol. The molecule has 7 heteroatoms. The normalized spacial score (nSPS) is 15.3. The highest BCUT2D eigenvalue weighted by atomic mass is 16.3. The summed E-state index contributed by atoms with van der Waals surface area (Å²) in [7, 11) is 0. The summed E-state index contributed by atoms with van der Waals surface area (Å²) < 4.78 is 0. The molecule has 0 aliphatic carbocycles. The number of aromatic amines is 1. The molecule has 1 aromatic rings. The van der Waals surface area contributed by atoms with Gasteiger partial charge in [0, 0.05) is 18.7 Å². The molecule has 15 heavy (non-hydrogen) atoms. The van der Waals surface area contributed by atoms with Crippen molar-refractivity contribution in [2.75, 3.05) is 13.1 Å². The summed E-state index contributed by atoms with van der Waals surface area (Å²) in [6.45, 7) is -0.340. The van der Waals surface area contributed by atoms with E-state index in [1.54, 1.807) is 0 Å². The molecule has 0 saturated carbocycles. The molecule has 0 aliphatic heterocycles. The Morgan fingerprint density at radius 2 is 1.80 bits per heavy atom. The standard InChI is InChI=1S/C8H16N4O3/c9-1-5(14)7-4(3-13)11-12-8(7)6(15)2-10/h5-6,13-15H,1-3,9-10H2,(H,11,12).